The average molecular weight is 421 g/mol. The molecular weight excluding hydrogens is 402 g/mol. The molecule has 1 unspecified atom stereocenters. The van der Waals surface area contributed by atoms with Gasteiger partial charge in [-0.1, -0.05) is 6.92 Å². The summed E-state index contributed by atoms with van der Waals surface area (Å²) in [5.41, 5.74) is 3.76. The highest BCUT2D eigenvalue weighted by molar-refractivity contribution is 9.12. The molecular formula is C14H19Br2N3S. The number of likely N-dealkylation sites (N-methyl/N-ethyl adjacent to an activating group) is 1. The molecule has 6 heteroatoms. The van der Waals surface area contributed by atoms with Crippen molar-refractivity contribution in [1.29, 1.82) is 0 Å². The maximum Gasteiger partial charge on any atom is 0.0758 e. The van der Waals surface area contributed by atoms with E-state index in [0.29, 0.717) is 6.04 Å². The second kappa shape index (κ2) is 7.20. The van der Waals surface area contributed by atoms with E-state index in [1.807, 2.05) is 7.05 Å². The van der Waals surface area contributed by atoms with Gasteiger partial charge in [-0.3, -0.25) is 4.68 Å². The topological polar surface area (TPSA) is 29.9 Å². The third kappa shape index (κ3) is 3.53. The fourth-order valence-corrected chi connectivity index (χ4v) is 5.27. The van der Waals surface area contributed by atoms with Crippen LogP contribution < -0.4 is 5.32 Å². The highest BCUT2D eigenvalue weighted by Gasteiger charge is 2.18. The van der Waals surface area contributed by atoms with Crippen LogP contribution in [-0.2, 0) is 19.4 Å². The summed E-state index contributed by atoms with van der Waals surface area (Å²) >= 11 is 8.92. The third-order valence-corrected chi connectivity index (χ3v) is 5.78. The highest BCUT2D eigenvalue weighted by atomic mass is 79.9. The van der Waals surface area contributed by atoms with Crippen molar-refractivity contribution in [2.75, 3.05) is 7.05 Å². The van der Waals surface area contributed by atoms with Gasteiger partial charge in [0.25, 0.3) is 0 Å². The zero-order valence-electron chi connectivity index (χ0n) is 11.9. The zero-order chi connectivity index (χ0) is 14.7. The number of nitrogens with zero attached hydrogens (tertiary/aromatic N) is 2. The van der Waals surface area contributed by atoms with Crippen molar-refractivity contribution in [2.24, 2.45) is 0 Å². The quantitative estimate of drug-likeness (QED) is 0.742. The Morgan fingerprint density at radius 2 is 2.10 bits per heavy atom. The lowest BCUT2D eigenvalue weighted by Gasteiger charge is -2.16. The summed E-state index contributed by atoms with van der Waals surface area (Å²) in [4.78, 5) is 0. The smallest absolute Gasteiger partial charge is 0.0758 e. The van der Waals surface area contributed by atoms with Gasteiger partial charge in [-0.2, -0.15) is 5.10 Å². The number of hydrogen-bond acceptors (Lipinski definition) is 3. The van der Waals surface area contributed by atoms with Crippen LogP contribution in [0.5, 0.6) is 0 Å². The van der Waals surface area contributed by atoms with Gasteiger partial charge in [-0.05, 0) is 69.9 Å². The van der Waals surface area contributed by atoms with Crippen LogP contribution in [-0.4, -0.2) is 16.8 Å². The summed E-state index contributed by atoms with van der Waals surface area (Å²) < 4.78 is 4.44. The van der Waals surface area contributed by atoms with Crippen LogP contribution in [0.25, 0.3) is 0 Å². The third-order valence-electron chi connectivity index (χ3n) is 3.40. The van der Waals surface area contributed by atoms with Crippen LogP contribution >= 0.6 is 43.2 Å². The molecule has 3 nitrogen and oxygen atoms in total. The number of hydrogen-bond donors (Lipinski definition) is 1. The minimum Gasteiger partial charge on any atom is -0.313 e. The second-order valence-corrected chi connectivity index (χ2v) is 8.37. The number of aromatic nitrogens is 2. The summed E-state index contributed by atoms with van der Waals surface area (Å²) in [6.07, 6.45) is 1.93. The van der Waals surface area contributed by atoms with E-state index in [2.05, 4.69) is 72.9 Å². The van der Waals surface area contributed by atoms with E-state index in [0.717, 1.165) is 23.2 Å². The van der Waals surface area contributed by atoms with Gasteiger partial charge in [0, 0.05) is 24.7 Å². The van der Waals surface area contributed by atoms with Gasteiger partial charge in [-0.15, -0.1) is 11.3 Å². The molecule has 2 rings (SSSR count). The SMILES string of the molecule is CCc1cc(CC(NC)c2cc(Br)sc2Br)n(CC)n1. The minimum atomic E-state index is 0.290. The summed E-state index contributed by atoms with van der Waals surface area (Å²) in [6, 6.07) is 4.70. The molecule has 0 aliphatic rings. The molecule has 0 amide bonds. The van der Waals surface area contributed by atoms with Gasteiger partial charge >= 0.3 is 0 Å². The zero-order valence-corrected chi connectivity index (χ0v) is 15.9. The first-order chi connectivity index (χ1) is 9.58. The van der Waals surface area contributed by atoms with Crippen LogP contribution in [0.4, 0.5) is 0 Å². The summed E-state index contributed by atoms with van der Waals surface area (Å²) in [7, 11) is 2.01. The normalized spacial score (nSPS) is 12.8. The molecule has 0 radical (unpaired) electrons. The van der Waals surface area contributed by atoms with E-state index < -0.39 is 0 Å². The van der Waals surface area contributed by atoms with E-state index in [-0.39, 0.29) is 0 Å². The molecule has 110 valence electrons. The summed E-state index contributed by atoms with van der Waals surface area (Å²) in [6.45, 7) is 5.20. The Bertz CT molecular complexity index is 577. The summed E-state index contributed by atoms with van der Waals surface area (Å²) in [5.74, 6) is 0. The molecule has 20 heavy (non-hydrogen) atoms. The van der Waals surface area contributed by atoms with E-state index in [1.54, 1.807) is 11.3 Å². The monoisotopic (exact) mass is 419 g/mol. The molecule has 0 saturated carbocycles. The Kier molecular flexibility index (Phi) is 5.84. The van der Waals surface area contributed by atoms with E-state index in [9.17, 15) is 0 Å². The Morgan fingerprint density at radius 3 is 2.60 bits per heavy atom. The lowest BCUT2D eigenvalue weighted by molar-refractivity contribution is 0.540. The fraction of sp³-hybridized carbons (Fsp3) is 0.500. The van der Waals surface area contributed by atoms with Crippen molar-refractivity contribution in [1.82, 2.24) is 15.1 Å². The second-order valence-electron chi connectivity index (χ2n) is 4.62. The first-order valence-corrected chi connectivity index (χ1v) is 9.16. The van der Waals surface area contributed by atoms with Gasteiger partial charge in [-0.25, -0.2) is 0 Å². The largest absolute Gasteiger partial charge is 0.313 e. The molecule has 2 aromatic heterocycles. The van der Waals surface area contributed by atoms with Crippen LogP contribution in [0.3, 0.4) is 0 Å². The lowest BCUT2D eigenvalue weighted by atomic mass is 10.1. The molecule has 0 aromatic carbocycles. The Morgan fingerprint density at radius 1 is 1.35 bits per heavy atom. The van der Waals surface area contributed by atoms with Crippen LogP contribution in [0.2, 0.25) is 0 Å². The molecule has 0 saturated heterocycles. The van der Waals surface area contributed by atoms with Crippen LogP contribution in [0.1, 0.15) is 36.8 Å². The summed E-state index contributed by atoms with van der Waals surface area (Å²) in [5, 5.41) is 8.04. The van der Waals surface area contributed by atoms with E-state index >= 15 is 0 Å². The van der Waals surface area contributed by atoms with E-state index in [4.69, 9.17) is 0 Å². The average Bonchev–Trinajstić information content (AvgIpc) is 2.98. The van der Waals surface area contributed by atoms with Crippen molar-refractivity contribution >= 4 is 43.2 Å². The number of halogens is 2. The first-order valence-electron chi connectivity index (χ1n) is 6.76. The van der Waals surface area contributed by atoms with Gasteiger partial charge in [0.05, 0.1) is 13.3 Å². The maximum atomic E-state index is 4.63. The molecule has 2 heterocycles. The highest BCUT2D eigenvalue weighted by Crippen LogP contribution is 2.36. The van der Waals surface area contributed by atoms with Gasteiger partial charge < -0.3 is 5.32 Å². The number of thiophene rings is 1. The minimum absolute atomic E-state index is 0.290. The first kappa shape index (κ1) is 16.2. The molecule has 0 aliphatic heterocycles. The molecule has 0 aliphatic carbocycles. The van der Waals surface area contributed by atoms with Crippen molar-refractivity contribution in [3.05, 3.63) is 36.7 Å². The Hall–Kier alpha value is -0.170. The molecule has 0 spiro atoms. The fourth-order valence-electron chi connectivity index (χ4n) is 2.29. The van der Waals surface area contributed by atoms with Crippen molar-refractivity contribution < 1.29 is 0 Å². The maximum absolute atomic E-state index is 4.63. The van der Waals surface area contributed by atoms with Crippen LogP contribution in [0.15, 0.2) is 19.7 Å². The van der Waals surface area contributed by atoms with Crippen molar-refractivity contribution in [3.63, 3.8) is 0 Å². The van der Waals surface area contributed by atoms with Gasteiger partial charge in [0.15, 0.2) is 0 Å². The number of aryl methyl sites for hydroxylation is 2. The Balaban J connectivity index is 2.26. The molecule has 1 atom stereocenters. The number of nitrogens with one attached hydrogen (secondary N) is 1. The van der Waals surface area contributed by atoms with E-state index in [1.165, 1.54) is 20.7 Å². The molecule has 1 N–H and O–H groups in total. The van der Waals surface area contributed by atoms with Crippen molar-refractivity contribution in [3.8, 4) is 0 Å². The Labute approximate surface area is 141 Å². The lowest BCUT2D eigenvalue weighted by Crippen LogP contribution is -2.20. The predicted octanol–water partition coefficient (Wildman–Crippen LogP) is 4.56. The van der Waals surface area contributed by atoms with Gasteiger partial charge in [0.2, 0.25) is 0 Å². The molecule has 2 aromatic rings. The van der Waals surface area contributed by atoms with Gasteiger partial charge in [0.1, 0.15) is 0 Å². The standard InChI is InChI=1S/C14H19Br2N3S/c1-4-9-6-10(19(5-2)18-9)7-12(17-3)11-8-13(15)20-14(11)16/h6,8,12,17H,4-5,7H2,1-3H3. The molecule has 0 fully saturated rings. The van der Waals surface area contributed by atoms with Crippen LogP contribution in [0, 0.1) is 0 Å². The van der Waals surface area contributed by atoms with Crippen molar-refractivity contribution in [2.45, 2.75) is 39.3 Å². The predicted molar refractivity (Wildman–Crippen MR) is 92.5 cm³/mol. The molecule has 0 bridgehead atoms. The number of rotatable bonds is 6.